The lowest BCUT2D eigenvalue weighted by atomic mass is 10.2. The van der Waals surface area contributed by atoms with Crippen LogP contribution < -0.4 is 9.80 Å². The van der Waals surface area contributed by atoms with Gasteiger partial charge in [0.15, 0.2) is 0 Å². The molecule has 1 fully saturated rings. The molecule has 0 N–H and O–H groups in total. The van der Waals surface area contributed by atoms with E-state index in [0.717, 1.165) is 53.7 Å². The van der Waals surface area contributed by atoms with Gasteiger partial charge in [-0.15, -0.1) is 11.3 Å². The second-order valence-corrected chi connectivity index (χ2v) is 7.95. The van der Waals surface area contributed by atoms with Gasteiger partial charge in [-0.1, -0.05) is 24.6 Å². The molecule has 1 aromatic carbocycles. The number of aryl methyl sites for hydroxylation is 1. The zero-order chi connectivity index (χ0) is 17.4. The van der Waals surface area contributed by atoms with Crippen LogP contribution in [0.4, 0.5) is 11.5 Å². The van der Waals surface area contributed by atoms with E-state index in [0.29, 0.717) is 5.28 Å². The Balaban J connectivity index is 1.58. The quantitative estimate of drug-likeness (QED) is 0.594. The SMILES string of the molecule is CCc1cc2c(N3CCN(c4cccc(Cl)c4)CC3)nc(Cl)nc2s1. The molecule has 0 radical (unpaired) electrons. The number of nitrogens with zero attached hydrogens (tertiary/aromatic N) is 4. The molecule has 0 bridgehead atoms. The largest absolute Gasteiger partial charge is 0.368 e. The summed E-state index contributed by atoms with van der Waals surface area (Å²) in [5.41, 5.74) is 1.17. The highest BCUT2D eigenvalue weighted by molar-refractivity contribution is 7.18. The van der Waals surface area contributed by atoms with Crippen molar-refractivity contribution in [3.63, 3.8) is 0 Å². The third-order valence-corrected chi connectivity index (χ3v) is 6.07. The first-order valence-corrected chi connectivity index (χ1v) is 9.92. The molecule has 0 amide bonds. The van der Waals surface area contributed by atoms with Crippen molar-refractivity contribution in [2.45, 2.75) is 13.3 Å². The molecule has 0 unspecified atom stereocenters. The Labute approximate surface area is 161 Å². The summed E-state index contributed by atoms with van der Waals surface area (Å²) in [5, 5.41) is 2.21. The molecule has 7 heteroatoms. The lowest BCUT2D eigenvalue weighted by Gasteiger charge is -2.37. The van der Waals surface area contributed by atoms with E-state index < -0.39 is 0 Å². The zero-order valence-electron chi connectivity index (χ0n) is 13.9. The Bertz CT molecular complexity index is 903. The number of hydrogen-bond donors (Lipinski definition) is 0. The second kappa shape index (κ2) is 6.98. The summed E-state index contributed by atoms with van der Waals surface area (Å²) in [6.07, 6.45) is 1.00. The molecule has 4 nitrogen and oxygen atoms in total. The van der Waals surface area contributed by atoms with E-state index in [1.165, 1.54) is 10.6 Å². The van der Waals surface area contributed by atoms with E-state index >= 15 is 0 Å². The van der Waals surface area contributed by atoms with Crippen LogP contribution in [-0.4, -0.2) is 36.1 Å². The van der Waals surface area contributed by atoms with Gasteiger partial charge in [0.05, 0.1) is 5.39 Å². The van der Waals surface area contributed by atoms with E-state index in [1.807, 2.05) is 18.2 Å². The molecule has 3 heterocycles. The summed E-state index contributed by atoms with van der Waals surface area (Å²) in [6.45, 7) is 5.80. The van der Waals surface area contributed by atoms with Gasteiger partial charge in [-0.3, -0.25) is 0 Å². The molecule has 0 saturated carbocycles. The number of anilines is 2. The van der Waals surface area contributed by atoms with Gasteiger partial charge in [0.25, 0.3) is 0 Å². The van der Waals surface area contributed by atoms with Crippen LogP contribution in [0, 0.1) is 0 Å². The van der Waals surface area contributed by atoms with Crippen molar-refractivity contribution >= 4 is 56.3 Å². The van der Waals surface area contributed by atoms with Gasteiger partial charge >= 0.3 is 0 Å². The van der Waals surface area contributed by atoms with Crippen LogP contribution in [-0.2, 0) is 6.42 Å². The number of piperazine rings is 1. The molecule has 1 aliphatic heterocycles. The van der Waals surface area contributed by atoms with Gasteiger partial charge in [-0.25, -0.2) is 4.98 Å². The summed E-state index contributed by atoms with van der Waals surface area (Å²) < 4.78 is 0. The standard InChI is InChI=1S/C18H18Cl2N4S/c1-2-14-11-15-16(21-18(20)22-17(15)25-14)24-8-6-23(7-9-24)13-5-3-4-12(19)10-13/h3-5,10-11H,2,6-9H2,1H3. The summed E-state index contributed by atoms with van der Waals surface area (Å²) in [6, 6.07) is 10.2. The van der Waals surface area contributed by atoms with Crippen LogP contribution in [0.2, 0.25) is 10.3 Å². The maximum Gasteiger partial charge on any atom is 0.225 e. The van der Waals surface area contributed by atoms with Gasteiger partial charge in [0.1, 0.15) is 10.6 Å². The number of benzene rings is 1. The van der Waals surface area contributed by atoms with Crippen LogP contribution in [0.5, 0.6) is 0 Å². The third-order valence-electron chi connectivity index (χ3n) is 4.50. The van der Waals surface area contributed by atoms with Crippen LogP contribution in [0.15, 0.2) is 30.3 Å². The normalized spacial score (nSPS) is 15.2. The van der Waals surface area contributed by atoms with E-state index in [-0.39, 0.29) is 0 Å². The van der Waals surface area contributed by atoms with Crippen LogP contribution >= 0.6 is 34.5 Å². The number of aromatic nitrogens is 2. The number of halogens is 2. The summed E-state index contributed by atoms with van der Waals surface area (Å²) in [4.78, 5) is 15.9. The van der Waals surface area contributed by atoms with E-state index in [1.54, 1.807) is 11.3 Å². The van der Waals surface area contributed by atoms with Crippen molar-refractivity contribution in [3.05, 3.63) is 45.5 Å². The van der Waals surface area contributed by atoms with Crippen LogP contribution in [0.1, 0.15) is 11.8 Å². The number of thiophene rings is 1. The van der Waals surface area contributed by atoms with Crippen molar-refractivity contribution in [1.29, 1.82) is 0 Å². The fourth-order valence-corrected chi connectivity index (χ4v) is 4.56. The molecule has 0 aliphatic carbocycles. The van der Waals surface area contributed by atoms with Crippen LogP contribution in [0.25, 0.3) is 10.2 Å². The Hall–Kier alpha value is -1.56. The average molecular weight is 393 g/mol. The summed E-state index contributed by atoms with van der Waals surface area (Å²) in [7, 11) is 0. The zero-order valence-corrected chi connectivity index (χ0v) is 16.2. The molecule has 0 atom stereocenters. The fourth-order valence-electron chi connectivity index (χ4n) is 3.20. The Morgan fingerprint density at radius 3 is 2.52 bits per heavy atom. The van der Waals surface area contributed by atoms with Gasteiger partial charge < -0.3 is 9.80 Å². The Morgan fingerprint density at radius 2 is 1.80 bits per heavy atom. The number of fused-ring (bicyclic) bond motifs is 1. The van der Waals surface area contributed by atoms with Gasteiger partial charge in [-0.05, 0) is 42.3 Å². The summed E-state index contributed by atoms with van der Waals surface area (Å²) in [5.74, 6) is 0.955. The minimum Gasteiger partial charge on any atom is -0.368 e. The van der Waals surface area contributed by atoms with Gasteiger partial charge in [-0.2, -0.15) is 4.98 Å². The first-order valence-electron chi connectivity index (χ1n) is 8.35. The fraction of sp³-hybridized carbons (Fsp3) is 0.333. The van der Waals surface area contributed by atoms with Crippen molar-refractivity contribution in [2.75, 3.05) is 36.0 Å². The first-order chi connectivity index (χ1) is 12.1. The Kier molecular flexibility index (Phi) is 4.71. The lowest BCUT2D eigenvalue weighted by Crippen LogP contribution is -2.46. The predicted octanol–water partition coefficient (Wildman–Crippen LogP) is 4.89. The topological polar surface area (TPSA) is 32.3 Å². The molecule has 2 aromatic heterocycles. The number of hydrogen-bond acceptors (Lipinski definition) is 5. The minimum atomic E-state index is 0.323. The van der Waals surface area contributed by atoms with Gasteiger partial charge in [0, 0.05) is 41.8 Å². The maximum absolute atomic E-state index is 6.17. The predicted molar refractivity (Wildman–Crippen MR) is 108 cm³/mol. The molecule has 130 valence electrons. The first kappa shape index (κ1) is 16.9. The van der Waals surface area contributed by atoms with Crippen molar-refractivity contribution in [3.8, 4) is 0 Å². The highest BCUT2D eigenvalue weighted by Gasteiger charge is 2.22. The third kappa shape index (κ3) is 3.41. The van der Waals surface area contributed by atoms with Gasteiger partial charge in [0.2, 0.25) is 5.28 Å². The molecule has 25 heavy (non-hydrogen) atoms. The summed E-state index contributed by atoms with van der Waals surface area (Å²) >= 11 is 14.0. The highest BCUT2D eigenvalue weighted by atomic mass is 35.5. The lowest BCUT2D eigenvalue weighted by molar-refractivity contribution is 0.649. The monoisotopic (exact) mass is 392 g/mol. The molecular weight excluding hydrogens is 375 g/mol. The van der Waals surface area contributed by atoms with Crippen molar-refractivity contribution in [1.82, 2.24) is 9.97 Å². The molecule has 1 saturated heterocycles. The Morgan fingerprint density at radius 1 is 1.04 bits per heavy atom. The molecule has 3 aromatic rings. The second-order valence-electron chi connectivity index (χ2n) is 6.06. The van der Waals surface area contributed by atoms with E-state index in [9.17, 15) is 0 Å². The van der Waals surface area contributed by atoms with E-state index in [4.69, 9.17) is 23.2 Å². The molecule has 1 aliphatic rings. The van der Waals surface area contributed by atoms with Crippen molar-refractivity contribution in [2.24, 2.45) is 0 Å². The van der Waals surface area contributed by atoms with Crippen molar-refractivity contribution < 1.29 is 0 Å². The molecule has 0 spiro atoms. The number of rotatable bonds is 3. The molecule has 4 rings (SSSR count). The molecular formula is C18H18Cl2N4S. The van der Waals surface area contributed by atoms with E-state index in [2.05, 4.69) is 38.8 Å². The maximum atomic E-state index is 6.17. The minimum absolute atomic E-state index is 0.323. The smallest absolute Gasteiger partial charge is 0.225 e. The highest BCUT2D eigenvalue weighted by Crippen LogP contribution is 2.33. The van der Waals surface area contributed by atoms with Crippen LogP contribution in [0.3, 0.4) is 0 Å². The average Bonchev–Trinajstić information content (AvgIpc) is 3.04.